The van der Waals surface area contributed by atoms with E-state index in [1.54, 1.807) is 6.92 Å². The van der Waals surface area contributed by atoms with Crippen molar-refractivity contribution in [2.24, 2.45) is 5.41 Å². The highest BCUT2D eigenvalue weighted by Gasteiger charge is 2.46. The highest BCUT2D eigenvalue weighted by molar-refractivity contribution is 7.89. The molecule has 2 saturated heterocycles. The smallest absolute Gasteiger partial charge is 0.313 e. The highest BCUT2D eigenvalue weighted by atomic mass is 35.5. The fourth-order valence-electron chi connectivity index (χ4n) is 3.77. The molecule has 1 aromatic rings. The van der Waals surface area contributed by atoms with Gasteiger partial charge in [-0.15, -0.1) is 0 Å². The number of halogens is 1. The predicted molar refractivity (Wildman–Crippen MR) is 108 cm³/mol. The number of carbonyl (C=O) groups excluding carboxylic acids is 1. The molecule has 0 unspecified atom stereocenters. The van der Waals surface area contributed by atoms with Gasteiger partial charge in [0.05, 0.1) is 17.8 Å². The highest BCUT2D eigenvalue weighted by Crippen LogP contribution is 2.35. The van der Waals surface area contributed by atoms with Crippen LogP contribution in [-0.4, -0.2) is 70.4 Å². The molecule has 0 bridgehead atoms. The summed E-state index contributed by atoms with van der Waals surface area (Å²) in [6, 6.07) is 7.52. The summed E-state index contributed by atoms with van der Waals surface area (Å²) in [5, 5.41) is 0.672. The van der Waals surface area contributed by atoms with Crippen LogP contribution in [0.4, 0.5) is 5.69 Å². The Morgan fingerprint density at radius 3 is 2.32 bits per heavy atom. The zero-order chi connectivity index (χ0) is 20.2. The summed E-state index contributed by atoms with van der Waals surface area (Å²) in [5.74, 6) is -0.648. The second-order valence-electron chi connectivity index (χ2n) is 7.23. The predicted octanol–water partition coefficient (Wildman–Crippen LogP) is 2.15. The van der Waals surface area contributed by atoms with Crippen LogP contribution in [0.3, 0.4) is 0 Å². The van der Waals surface area contributed by atoms with Crippen molar-refractivity contribution in [3.05, 3.63) is 29.3 Å². The van der Waals surface area contributed by atoms with Crippen molar-refractivity contribution in [1.82, 2.24) is 4.31 Å². The molecule has 0 saturated carbocycles. The summed E-state index contributed by atoms with van der Waals surface area (Å²) in [4.78, 5) is 14.7. The number of carbonyl (C=O) groups is 1. The molecule has 28 heavy (non-hydrogen) atoms. The van der Waals surface area contributed by atoms with E-state index >= 15 is 0 Å². The van der Waals surface area contributed by atoms with Crippen LogP contribution in [0.5, 0.6) is 0 Å². The molecule has 0 aromatic heterocycles. The standard InChI is InChI=1S/C19H27ClN2O5S/c1-2-27-18(23)19(7-13-26-14-8-19)15-28(24,25)22-11-9-21(10-12-22)17-5-3-16(20)4-6-17/h3-6H,2,7-15H2,1H3. The Balaban J connectivity index is 1.67. The average Bonchev–Trinajstić information content (AvgIpc) is 2.69. The van der Waals surface area contributed by atoms with Crippen LogP contribution in [0.1, 0.15) is 19.8 Å². The van der Waals surface area contributed by atoms with Crippen LogP contribution >= 0.6 is 11.6 Å². The van der Waals surface area contributed by atoms with Crippen LogP contribution in [0.25, 0.3) is 0 Å². The van der Waals surface area contributed by atoms with E-state index in [-0.39, 0.29) is 12.4 Å². The van der Waals surface area contributed by atoms with Crippen molar-refractivity contribution in [2.45, 2.75) is 19.8 Å². The normalized spacial score (nSPS) is 20.7. The van der Waals surface area contributed by atoms with Crippen molar-refractivity contribution in [2.75, 3.05) is 56.7 Å². The van der Waals surface area contributed by atoms with Crippen LogP contribution in [0.2, 0.25) is 5.02 Å². The lowest BCUT2D eigenvalue weighted by Gasteiger charge is -2.39. The number of esters is 1. The third-order valence-corrected chi connectivity index (χ3v) is 7.76. The molecule has 0 radical (unpaired) electrons. The van der Waals surface area contributed by atoms with Gasteiger partial charge in [0.15, 0.2) is 0 Å². The maximum atomic E-state index is 13.1. The number of hydrogen-bond donors (Lipinski definition) is 0. The van der Waals surface area contributed by atoms with Gasteiger partial charge in [-0.05, 0) is 44.0 Å². The third kappa shape index (κ3) is 4.79. The summed E-state index contributed by atoms with van der Waals surface area (Å²) >= 11 is 5.93. The Labute approximate surface area is 171 Å². The summed E-state index contributed by atoms with van der Waals surface area (Å²) in [5.41, 5.74) is 0.00862. The quantitative estimate of drug-likeness (QED) is 0.643. The maximum Gasteiger partial charge on any atom is 0.313 e. The minimum absolute atomic E-state index is 0.219. The molecule has 0 amide bonds. The molecule has 7 nitrogen and oxygen atoms in total. The molecule has 2 heterocycles. The first-order valence-corrected chi connectivity index (χ1v) is 11.6. The number of hydrogen-bond acceptors (Lipinski definition) is 6. The zero-order valence-electron chi connectivity index (χ0n) is 16.1. The van der Waals surface area contributed by atoms with Gasteiger partial charge in [0.25, 0.3) is 0 Å². The Hall–Kier alpha value is -1.35. The largest absolute Gasteiger partial charge is 0.466 e. The first-order valence-electron chi connectivity index (χ1n) is 9.60. The van der Waals surface area contributed by atoms with Crippen LogP contribution in [-0.2, 0) is 24.3 Å². The van der Waals surface area contributed by atoms with Crippen molar-refractivity contribution >= 4 is 33.3 Å². The lowest BCUT2D eigenvalue weighted by atomic mass is 9.82. The summed E-state index contributed by atoms with van der Waals surface area (Å²) in [7, 11) is -3.59. The van der Waals surface area contributed by atoms with E-state index in [0.717, 1.165) is 5.69 Å². The molecular formula is C19H27ClN2O5S. The topological polar surface area (TPSA) is 76.2 Å². The molecule has 2 fully saturated rings. The van der Waals surface area contributed by atoms with Gasteiger partial charge in [-0.2, -0.15) is 4.31 Å². The first-order chi connectivity index (χ1) is 13.4. The van der Waals surface area contributed by atoms with E-state index < -0.39 is 21.4 Å². The van der Waals surface area contributed by atoms with E-state index in [0.29, 0.717) is 57.3 Å². The van der Waals surface area contributed by atoms with E-state index in [2.05, 4.69) is 4.90 Å². The monoisotopic (exact) mass is 430 g/mol. The van der Waals surface area contributed by atoms with E-state index in [4.69, 9.17) is 21.1 Å². The zero-order valence-corrected chi connectivity index (χ0v) is 17.7. The molecule has 0 N–H and O–H groups in total. The summed E-state index contributed by atoms with van der Waals surface area (Å²) in [6.45, 7) is 4.68. The van der Waals surface area contributed by atoms with Gasteiger partial charge in [-0.25, -0.2) is 8.42 Å². The third-order valence-electron chi connectivity index (χ3n) is 5.44. The number of ether oxygens (including phenoxy) is 2. The molecule has 156 valence electrons. The van der Waals surface area contributed by atoms with Gasteiger partial charge >= 0.3 is 5.97 Å². The number of piperazine rings is 1. The summed E-state index contributed by atoms with van der Waals surface area (Å²) in [6.07, 6.45) is 0.742. The maximum absolute atomic E-state index is 13.1. The van der Waals surface area contributed by atoms with Crippen molar-refractivity contribution < 1.29 is 22.7 Å². The van der Waals surface area contributed by atoms with Gasteiger partial charge in [0.1, 0.15) is 0 Å². The first kappa shape index (κ1) is 21.4. The van der Waals surface area contributed by atoms with Gasteiger partial charge in [0, 0.05) is 50.1 Å². The number of rotatable bonds is 6. The molecular weight excluding hydrogens is 404 g/mol. The number of anilines is 1. The van der Waals surface area contributed by atoms with E-state index in [1.165, 1.54) is 4.31 Å². The van der Waals surface area contributed by atoms with Gasteiger partial charge in [-0.3, -0.25) is 4.79 Å². The lowest BCUT2D eigenvalue weighted by molar-refractivity contribution is -0.159. The summed E-state index contributed by atoms with van der Waals surface area (Å²) < 4.78 is 38.2. The number of sulfonamides is 1. The Morgan fingerprint density at radius 1 is 1.14 bits per heavy atom. The molecule has 3 rings (SSSR count). The fraction of sp³-hybridized carbons (Fsp3) is 0.632. The second kappa shape index (κ2) is 8.98. The lowest BCUT2D eigenvalue weighted by Crippen LogP contribution is -2.53. The molecule has 2 aliphatic rings. The molecule has 0 aliphatic carbocycles. The van der Waals surface area contributed by atoms with Crippen LogP contribution in [0.15, 0.2) is 24.3 Å². The molecule has 0 atom stereocenters. The SMILES string of the molecule is CCOC(=O)C1(CS(=O)(=O)N2CCN(c3ccc(Cl)cc3)CC2)CCOCC1. The molecule has 9 heteroatoms. The Bertz CT molecular complexity index is 770. The number of nitrogens with zero attached hydrogens (tertiary/aromatic N) is 2. The van der Waals surface area contributed by atoms with Crippen molar-refractivity contribution in [3.63, 3.8) is 0 Å². The minimum atomic E-state index is -3.59. The van der Waals surface area contributed by atoms with Gasteiger partial charge in [0.2, 0.25) is 10.0 Å². The van der Waals surface area contributed by atoms with Crippen molar-refractivity contribution in [1.29, 1.82) is 0 Å². The average molecular weight is 431 g/mol. The fourth-order valence-corrected chi connectivity index (χ4v) is 5.90. The van der Waals surface area contributed by atoms with Crippen LogP contribution in [0, 0.1) is 5.41 Å². The van der Waals surface area contributed by atoms with Gasteiger partial charge < -0.3 is 14.4 Å². The van der Waals surface area contributed by atoms with Crippen molar-refractivity contribution in [3.8, 4) is 0 Å². The second-order valence-corrected chi connectivity index (χ2v) is 9.64. The molecule has 2 aliphatic heterocycles. The Kier molecular flexibility index (Phi) is 6.85. The minimum Gasteiger partial charge on any atom is -0.466 e. The van der Waals surface area contributed by atoms with Crippen LogP contribution < -0.4 is 4.90 Å². The number of benzene rings is 1. The Morgan fingerprint density at radius 2 is 1.75 bits per heavy atom. The molecule has 0 spiro atoms. The molecule has 1 aromatic carbocycles. The van der Waals surface area contributed by atoms with E-state index in [9.17, 15) is 13.2 Å². The van der Waals surface area contributed by atoms with E-state index in [1.807, 2.05) is 24.3 Å². The van der Waals surface area contributed by atoms with Gasteiger partial charge in [-0.1, -0.05) is 11.6 Å².